The zero-order valence-corrected chi connectivity index (χ0v) is 20.8. The van der Waals surface area contributed by atoms with E-state index in [0.29, 0.717) is 30.6 Å². The number of hydrogen-bond acceptors (Lipinski definition) is 3. The summed E-state index contributed by atoms with van der Waals surface area (Å²) in [6.45, 7) is 1.88. The van der Waals surface area contributed by atoms with Crippen molar-refractivity contribution in [2.24, 2.45) is 17.8 Å². The molecule has 0 aromatic heterocycles. The Balaban J connectivity index is 1.31. The van der Waals surface area contributed by atoms with Crippen LogP contribution in [0.15, 0.2) is 42.5 Å². The fraction of sp³-hybridized carbons (Fsp3) is 0.567. The zero-order chi connectivity index (χ0) is 25.5. The molecular weight excluding hydrogens is 465 g/mol. The second-order valence-corrected chi connectivity index (χ2v) is 11.4. The van der Waals surface area contributed by atoms with Gasteiger partial charge in [-0.3, -0.25) is 4.79 Å². The van der Waals surface area contributed by atoms with E-state index in [1.807, 2.05) is 6.07 Å². The molecule has 0 heterocycles. The average Bonchev–Trinajstić information content (AvgIpc) is 2.81. The van der Waals surface area contributed by atoms with Crippen molar-refractivity contribution in [3.8, 4) is 5.75 Å². The molecule has 6 heteroatoms. The van der Waals surface area contributed by atoms with Crippen LogP contribution in [0.4, 0.5) is 13.2 Å². The summed E-state index contributed by atoms with van der Waals surface area (Å²) in [4.78, 5) is 12.7. The van der Waals surface area contributed by atoms with Crippen LogP contribution in [0.1, 0.15) is 86.5 Å². The molecule has 1 N–H and O–H groups in total. The number of aromatic hydroxyl groups is 1. The van der Waals surface area contributed by atoms with Gasteiger partial charge in [0.05, 0.1) is 18.1 Å². The highest BCUT2D eigenvalue weighted by Gasteiger charge is 2.52. The van der Waals surface area contributed by atoms with Crippen LogP contribution in [-0.4, -0.2) is 17.7 Å². The molecule has 1 unspecified atom stereocenters. The van der Waals surface area contributed by atoms with Crippen LogP contribution in [0, 0.1) is 17.8 Å². The van der Waals surface area contributed by atoms with Gasteiger partial charge in [0.1, 0.15) is 5.75 Å². The predicted molar refractivity (Wildman–Crippen MR) is 132 cm³/mol. The van der Waals surface area contributed by atoms with E-state index in [9.17, 15) is 23.1 Å². The summed E-state index contributed by atoms with van der Waals surface area (Å²) in [5.41, 5.74) is 1.85. The summed E-state index contributed by atoms with van der Waals surface area (Å²) in [5, 5.41) is 10.8. The SMILES string of the molecule is CCOC(=O)C(CCCc1ccc(O)c(C23CC4CC(CC(C4)C2)C3)c1)c1cccc(C(F)(F)F)c1. The molecule has 0 aliphatic heterocycles. The molecule has 2 aromatic carbocycles. The highest BCUT2D eigenvalue weighted by Crippen LogP contribution is 2.61. The number of rotatable bonds is 8. The van der Waals surface area contributed by atoms with Crippen molar-refractivity contribution in [2.45, 2.75) is 82.2 Å². The number of halogens is 3. The van der Waals surface area contributed by atoms with Gasteiger partial charge >= 0.3 is 12.1 Å². The van der Waals surface area contributed by atoms with Gasteiger partial charge in [-0.1, -0.05) is 30.3 Å². The minimum absolute atomic E-state index is 0.0837. The Morgan fingerprint density at radius 3 is 2.33 bits per heavy atom. The first kappa shape index (κ1) is 25.2. The van der Waals surface area contributed by atoms with Crippen molar-refractivity contribution >= 4 is 5.97 Å². The second-order valence-electron chi connectivity index (χ2n) is 11.4. The first-order valence-corrected chi connectivity index (χ1v) is 13.3. The maximum absolute atomic E-state index is 13.3. The molecule has 0 amide bonds. The van der Waals surface area contributed by atoms with E-state index in [1.165, 1.54) is 25.3 Å². The molecule has 0 radical (unpaired) electrons. The number of alkyl halides is 3. The fourth-order valence-electron chi connectivity index (χ4n) is 7.71. The maximum atomic E-state index is 13.3. The zero-order valence-electron chi connectivity index (χ0n) is 20.8. The van der Waals surface area contributed by atoms with Gasteiger partial charge in [0.15, 0.2) is 0 Å². The van der Waals surface area contributed by atoms with Crippen LogP contribution in [0.2, 0.25) is 0 Å². The number of benzene rings is 2. The van der Waals surface area contributed by atoms with Crippen LogP contribution in [-0.2, 0) is 27.5 Å². The molecule has 1 atom stereocenters. The van der Waals surface area contributed by atoms with Gasteiger partial charge < -0.3 is 9.84 Å². The Morgan fingerprint density at radius 2 is 1.72 bits per heavy atom. The average molecular weight is 501 g/mol. The Hall–Kier alpha value is -2.50. The number of carbonyl (C=O) groups is 1. The normalized spacial score (nSPS) is 27.7. The minimum Gasteiger partial charge on any atom is -0.508 e. The Bertz CT molecular complexity index is 1070. The summed E-state index contributed by atoms with van der Waals surface area (Å²) >= 11 is 0. The molecule has 4 aliphatic rings. The van der Waals surface area contributed by atoms with E-state index in [-0.39, 0.29) is 12.0 Å². The molecule has 36 heavy (non-hydrogen) atoms. The van der Waals surface area contributed by atoms with Crippen molar-refractivity contribution < 1.29 is 27.8 Å². The summed E-state index contributed by atoms with van der Waals surface area (Å²) in [6, 6.07) is 10.9. The molecule has 4 fully saturated rings. The van der Waals surface area contributed by atoms with Crippen LogP contribution in [0.5, 0.6) is 5.75 Å². The monoisotopic (exact) mass is 500 g/mol. The number of phenols is 1. The van der Waals surface area contributed by atoms with Crippen LogP contribution in [0.3, 0.4) is 0 Å². The first-order chi connectivity index (χ1) is 17.2. The van der Waals surface area contributed by atoms with Crippen molar-refractivity contribution in [2.75, 3.05) is 6.61 Å². The van der Waals surface area contributed by atoms with E-state index in [0.717, 1.165) is 60.3 Å². The van der Waals surface area contributed by atoms with Crippen LogP contribution < -0.4 is 0 Å². The summed E-state index contributed by atoms with van der Waals surface area (Å²) in [5.74, 6) is 1.48. The Kier molecular flexibility index (Phi) is 6.82. The molecule has 194 valence electrons. The lowest BCUT2D eigenvalue weighted by Gasteiger charge is -2.57. The number of phenolic OH excluding ortho intramolecular Hbond substituents is 1. The minimum atomic E-state index is -4.46. The quantitative estimate of drug-likeness (QED) is 0.381. The van der Waals surface area contributed by atoms with Gasteiger partial charge in [-0.2, -0.15) is 13.2 Å². The summed E-state index contributed by atoms with van der Waals surface area (Å²) < 4.78 is 45.0. The highest BCUT2D eigenvalue weighted by atomic mass is 19.4. The first-order valence-electron chi connectivity index (χ1n) is 13.3. The maximum Gasteiger partial charge on any atom is 0.416 e. The lowest BCUT2D eigenvalue weighted by atomic mass is 9.48. The predicted octanol–water partition coefficient (Wildman–Crippen LogP) is 7.55. The molecule has 6 rings (SSSR count). The van der Waals surface area contributed by atoms with Crippen LogP contribution >= 0.6 is 0 Å². The number of carbonyl (C=O) groups excluding carboxylic acids is 1. The highest BCUT2D eigenvalue weighted by molar-refractivity contribution is 5.78. The van der Waals surface area contributed by atoms with E-state index in [1.54, 1.807) is 19.1 Å². The number of aryl methyl sites for hydroxylation is 1. The standard InChI is InChI=1S/C30H35F3O3/c1-2-36-28(35)25(23-6-4-7-24(15-23)30(31,32)33)8-3-5-19-9-10-27(34)26(14-19)29-16-20-11-21(17-29)13-22(12-20)18-29/h4,6-7,9-10,14-15,20-22,25,34H,2-3,5,8,11-13,16-18H2,1H3. The van der Waals surface area contributed by atoms with Gasteiger partial charge in [0, 0.05) is 5.56 Å². The topological polar surface area (TPSA) is 46.5 Å². The summed E-state index contributed by atoms with van der Waals surface area (Å²) in [6.07, 6.45) is 4.75. The molecule has 4 bridgehead atoms. The molecule has 0 saturated heterocycles. The lowest BCUT2D eigenvalue weighted by Crippen LogP contribution is -2.48. The van der Waals surface area contributed by atoms with Crippen molar-refractivity contribution in [1.29, 1.82) is 0 Å². The summed E-state index contributed by atoms with van der Waals surface area (Å²) in [7, 11) is 0. The largest absolute Gasteiger partial charge is 0.508 e. The van der Waals surface area contributed by atoms with E-state index < -0.39 is 23.6 Å². The third-order valence-electron chi connectivity index (χ3n) is 8.82. The van der Waals surface area contributed by atoms with Gasteiger partial charge in [-0.25, -0.2) is 0 Å². The number of esters is 1. The van der Waals surface area contributed by atoms with Crippen molar-refractivity contribution in [3.05, 3.63) is 64.7 Å². The lowest BCUT2D eigenvalue weighted by molar-refractivity contribution is -0.145. The van der Waals surface area contributed by atoms with E-state index >= 15 is 0 Å². The van der Waals surface area contributed by atoms with E-state index in [4.69, 9.17) is 4.74 Å². The van der Waals surface area contributed by atoms with Gasteiger partial charge in [0.2, 0.25) is 0 Å². The number of hydrogen-bond donors (Lipinski definition) is 1. The Labute approximate surface area is 211 Å². The van der Waals surface area contributed by atoms with Gasteiger partial charge in [-0.15, -0.1) is 0 Å². The number of ether oxygens (including phenoxy) is 1. The van der Waals surface area contributed by atoms with Crippen molar-refractivity contribution in [3.63, 3.8) is 0 Å². The Morgan fingerprint density at radius 1 is 1.06 bits per heavy atom. The molecule has 4 aliphatic carbocycles. The molecule has 0 spiro atoms. The molecule has 3 nitrogen and oxygen atoms in total. The van der Waals surface area contributed by atoms with Crippen molar-refractivity contribution in [1.82, 2.24) is 0 Å². The molecule has 4 saturated carbocycles. The van der Waals surface area contributed by atoms with Gasteiger partial charge in [-0.05, 0) is 111 Å². The molecular formula is C30H35F3O3. The van der Waals surface area contributed by atoms with E-state index in [2.05, 4.69) is 6.07 Å². The smallest absolute Gasteiger partial charge is 0.416 e. The van der Waals surface area contributed by atoms with Gasteiger partial charge in [0.25, 0.3) is 0 Å². The third-order valence-corrected chi connectivity index (χ3v) is 8.82. The van der Waals surface area contributed by atoms with Crippen LogP contribution in [0.25, 0.3) is 0 Å². The third kappa shape index (κ3) is 5.01. The second kappa shape index (κ2) is 9.75. The fourth-order valence-corrected chi connectivity index (χ4v) is 7.71. The molecule has 2 aromatic rings.